The number of halogens is 1. The SMILES string of the molecule is CC.Cc1cnc(-c2cccc(C(=O)O)c2)nc1-c1ccccc1F. The van der Waals surface area contributed by atoms with E-state index in [0.717, 1.165) is 5.56 Å². The standard InChI is InChI=1S/C18H13FN2O2.C2H6/c1-11-10-20-17(12-5-4-6-13(9-12)18(22)23)21-16(11)14-7-2-3-8-15(14)19;1-2/h2-10H,1H3,(H,22,23);1-2H3. The van der Waals surface area contributed by atoms with Crippen LogP contribution in [0.1, 0.15) is 29.8 Å². The first-order valence-electron chi connectivity index (χ1n) is 7.98. The van der Waals surface area contributed by atoms with E-state index in [4.69, 9.17) is 5.11 Å². The van der Waals surface area contributed by atoms with Crippen molar-refractivity contribution in [3.05, 3.63) is 71.7 Å². The Balaban J connectivity index is 0.00000109. The molecule has 0 fully saturated rings. The van der Waals surface area contributed by atoms with Crippen molar-refractivity contribution in [2.24, 2.45) is 0 Å². The lowest BCUT2D eigenvalue weighted by Gasteiger charge is -2.09. The predicted molar refractivity (Wildman–Crippen MR) is 95.9 cm³/mol. The Morgan fingerprint density at radius 2 is 1.80 bits per heavy atom. The van der Waals surface area contributed by atoms with Crippen LogP contribution in [0, 0.1) is 12.7 Å². The number of aryl methyl sites for hydroxylation is 1. The molecule has 128 valence electrons. The Morgan fingerprint density at radius 3 is 2.48 bits per heavy atom. The molecule has 0 radical (unpaired) electrons. The van der Waals surface area contributed by atoms with Gasteiger partial charge >= 0.3 is 5.97 Å². The fraction of sp³-hybridized carbons (Fsp3) is 0.150. The number of hydrogen-bond donors (Lipinski definition) is 1. The van der Waals surface area contributed by atoms with Gasteiger partial charge in [-0.25, -0.2) is 19.2 Å². The van der Waals surface area contributed by atoms with Gasteiger partial charge in [0.15, 0.2) is 5.82 Å². The number of benzene rings is 2. The summed E-state index contributed by atoms with van der Waals surface area (Å²) in [5, 5.41) is 9.08. The van der Waals surface area contributed by atoms with Gasteiger partial charge in [0.25, 0.3) is 0 Å². The molecule has 0 aliphatic carbocycles. The van der Waals surface area contributed by atoms with Gasteiger partial charge in [0.1, 0.15) is 5.82 Å². The number of carbonyl (C=O) groups is 1. The number of aromatic nitrogens is 2. The maximum atomic E-state index is 14.0. The summed E-state index contributed by atoms with van der Waals surface area (Å²) in [6.07, 6.45) is 1.61. The molecule has 25 heavy (non-hydrogen) atoms. The first-order valence-corrected chi connectivity index (χ1v) is 7.98. The second-order valence-electron chi connectivity index (χ2n) is 5.09. The van der Waals surface area contributed by atoms with Crippen molar-refractivity contribution < 1.29 is 14.3 Å². The Bertz CT molecular complexity index is 894. The van der Waals surface area contributed by atoms with Gasteiger partial charge in [-0.05, 0) is 36.8 Å². The molecule has 5 heteroatoms. The highest BCUT2D eigenvalue weighted by Gasteiger charge is 2.12. The van der Waals surface area contributed by atoms with E-state index < -0.39 is 5.97 Å². The molecular formula is C20H19FN2O2. The van der Waals surface area contributed by atoms with E-state index in [1.807, 2.05) is 13.8 Å². The van der Waals surface area contributed by atoms with Crippen LogP contribution in [0.15, 0.2) is 54.7 Å². The minimum Gasteiger partial charge on any atom is -0.478 e. The van der Waals surface area contributed by atoms with Crippen LogP contribution in [-0.4, -0.2) is 21.0 Å². The smallest absolute Gasteiger partial charge is 0.335 e. The molecule has 0 unspecified atom stereocenters. The molecule has 0 atom stereocenters. The lowest BCUT2D eigenvalue weighted by molar-refractivity contribution is 0.0697. The summed E-state index contributed by atoms with van der Waals surface area (Å²) >= 11 is 0. The van der Waals surface area contributed by atoms with Gasteiger partial charge in [-0.2, -0.15) is 0 Å². The maximum absolute atomic E-state index is 14.0. The molecule has 0 amide bonds. The van der Waals surface area contributed by atoms with E-state index in [1.54, 1.807) is 43.5 Å². The molecule has 1 aromatic heterocycles. The molecule has 4 nitrogen and oxygen atoms in total. The highest BCUT2D eigenvalue weighted by molar-refractivity contribution is 5.89. The molecular weight excluding hydrogens is 319 g/mol. The highest BCUT2D eigenvalue weighted by atomic mass is 19.1. The second kappa shape index (κ2) is 8.15. The van der Waals surface area contributed by atoms with E-state index in [-0.39, 0.29) is 11.4 Å². The average molecular weight is 338 g/mol. The van der Waals surface area contributed by atoms with Gasteiger partial charge in [0.05, 0.1) is 11.3 Å². The quantitative estimate of drug-likeness (QED) is 0.731. The van der Waals surface area contributed by atoms with Gasteiger partial charge in [-0.15, -0.1) is 0 Å². The highest BCUT2D eigenvalue weighted by Crippen LogP contribution is 2.26. The Kier molecular flexibility index (Phi) is 5.95. The molecule has 0 spiro atoms. The summed E-state index contributed by atoms with van der Waals surface area (Å²) in [6.45, 7) is 5.80. The van der Waals surface area contributed by atoms with Gasteiger partial charge < -0.3 is 5.11 Å². The Morgan fingerprint density at radius 1 is 1.08 bits per heavy atom. The Labute approximate surface area is 146 Å². The normalized spacial score (nSPS) is 9.92. The van der Waals surface area contributed by atoms with Crippen LogP contribution in [0.2, 0.25) is 0 Å². The van der Waals surface area contributed by atoms with Gasteiger partial charge in [-0.3, -0.25) is 0 Å². The van der Waals surface area contributed by atoms with Crippen molar-refractivity contribution >= 4 is 5.97 Å². The molecule has 3 aromatic rings. The molecule has 1 N–H and O–H groups in total. The zero-order valence-electron chi connectivity index (χ0n) is 14.3. The summed E-state index contributed by atoms with van der Waals surface area (Å²) in [5.74, 6) is -1.02. The monoisotopic (exact) mass is 338 g/mol. The number of aromatic carboxylic acids is 1. The van der Waals surface area contributed by atoms with E-state index in [1.165, 1.54) is 18.2 Å². The van der Waals surface area contributed by atoms with Crippen molar-refractivity contribution in [2.45, 2.75) is 20.8 Å². The van der Waals surface area contributed by atoms with Crippen molar-refractivity contribution in [1.29, 1.82) is 0 Å². The summed E-state index contributed by atoms with van der Waals surface area (Å²) in [6, 6.07) is 12.7. The zero-order chi connectivity index (χ0) is 18.4. The third-order valence-electron chi connectivity index (χ3n) is 3.47. The average Bonchev–Trinajstić information content (AvgIpc) is 2.64. The third kappa shape index (κ3) is 4.07. The molecule has 0 saturated heterocycles. The first-order chi connectivity index (χ1) is 12.1. The van der Waals surface area contributed by atoms with E-state index in [2.05, 4.69) is 9.97 Å². The van der Waals surface area contributed by atoms with Crippen LogP contribution in [0.3, 0.4) is 0 Å². The van der Waals surface area contributed by atoms with Crippen LogP contribution >= 0.6 is 0 Å². The number of carboxylic acids is 1. The topological polar surface area (TPSA) is 63.1 Å². The number of rotatable bonds is 3. The minimum absolute atomic E-state index is 0.152. The lowest BCUT2D eigenvalue weighted by Crippen LogP contribution is -1.99. The van der Waals surface area contributed by atoms with Crippen LogP contribution in [0.25, 0.3) is 22.6 Å². The minimum atomic E-state index is -1.02. The van der Waals surface area contributed by atoms with Gasteiger partial charge in [-0.1, -0.05) is 38.1 Å². The van der Waals surface area contributed by atoms with E-state index in [9.17, 15) is 9.18 Å². The number of carboxylic acid groups (broad SMARTS) is 1. The molecule has 1 heterocycles. The lowest BCUT2D eigenvalue weighted by atomic mass is 10.1. The van der Waals surface area contributed by atoms with Crippen LogP contribution in [-0.2, 0) is 0 Å². The summed E-state index contributed by atoms with van der Waals surface area (Å²) in [7, 11) is 0. The van der Waals surface area contributed by atoms with Gasteiger partial charge in [0, 0.05) is 17.3 Å². The summed E-state index contributed by atoms with van der Waals surface area (Å²) in [4.78, 5) is 19.7. The Hall–Kier alpha value is -3.08. The fourth-order valence-corrected chi connectivity index (χ4v) is 2.30. The zero-order valence-corrected chi connectivity index (χ0v) is 14.3. The summed E-state index contributed by atoms with van der Waals surface area (Å²) < 4.78 is 14.0. The molecule has 2 aromatic carbocycles. The fourth-order valence-electron chi connectivity index (χ4n) is 2.30. The van der Waals surface area contributed by atoms with Crippen LogP contribution in [0.5, 0.6) is 0 Å². The molecule has 3 rings (SSSR count). The number of nitrogens with zero attached hydrogens (tertiary/aromatic N) is 2. The molecule has 0 aliphatic heterocycles. The predicted octanol–water partition coefficient (Wildman–Crippen LogP) is 4.98. The second-order valence-corrected chi connectivity index (χ2v) is 5.09. The van der Waals surface area contributed by atoms with E-state index in [0.29, 0.717) is 22.6 Å². The molecule has 0 aliphatic rings. The van der Waals surface area contributed by atoms with Crippen LogP contribution < -0.4 is 0 Å². The first kappa shape index (κ1) is 18.3. The summed E-state index contributed by atoms with van der Waals surface area (Å²) in [5.41, 5.74) is 2.35. The van der Waals surface area contributed by atoms with Crippen molar-refractivity contribution in [2.75, 3.05) is 0 Å². The number of hydrogen-bond acceptors (Lipinski definition) is 3. The van der Waals surface area contributed by atoms with E-state index >= 15 is 0 Å². The maximum Gasteiger partial charge on any atom is 0.335 e. The largest absolute Gasteiger partial charge is 0.478 e. The van der Waals surface area contributed by atoms with Crippen LogP contribution in [0.4, 0.5) is 4.39 Å². The van der Waals surface area contributed by atoms with Gasteiger partial charge in [0.2, 0.25) is 0 Å². The van der Waals surface area contributed by atoms with Crippen molar-refractivity contribution in [1.82, 2.24) is 9.97 Å². The third-order valence-corrected chi connectivity index (χ3v) is 3.47. The van der Waals surface area contributed by atoms with Crippen molar-refractivity contribution in [3.8, 4) is 22.6 Å². The van der Waals surface area contributed by atoms with Crippen molar-refractivity contribution in [3.63, 3.8) is 0 Å². The molecule has 0 bridgehead atoms. The molecule has 0 saturated carbocycles.